The fraction of sp³-hybridized carbons (Fsp3) is 0.381. The monoisotopic (exact) mass is 402 g/mol. The smallest absolute Gasteiger partial charge is 0.344 e. The number of carbonyl (C=O) groups is 2. The Labute approximate surface area is 170 Å². The lowest BCUT2D eigenvalue weighted by molar-refractivity contribution is -0.145. The Morgan fingerprint density at radius 1 is 1.32 bits per heavy atom. The molecule has 1 fully saturated rings. The summed E-state index contributed by atoms with van der Waals surface area (Å²) < 4.78 is 10.5. The summed E-state index contributed by atoms with van der Waals surface area (Å²) >= 11 is 1.39. The minimum Gasteiger partial charge on any atom is -0.482 e. The van der Waals surface area contributed by atoms with E-state index in [0.717, 1.165) is 16.3 Å². The maximum Gasteiger partial charge on any atom is 0.344 e. The molecular formula is C21H26N2O4S. The molecule has 1 aliphatic rings. The van der Waals surface area contributed by atoms with Crippen LogP contribution in [-0.4, -0.2) is 48.2 Å². The van der Waals surface area contributed by atoms with Gasteiger partial charge in [0.2, 0.25) is 0 Å². The van der Waals surface area contributed by atoms with E-state index in [0.29, 0.717) is 36.8 Å². The third-order valence-electron chi connectivity index (χ3n) is 3.90. The largest absolute Gasteiger partial charge is 0.482 e. The van der Waals surface area contributed by atoms with Crippen molar-refractivity contribution in [1.29, 1.82) is 0 Å². The zero-order valence-electron chi connectivity index (χ0n) is 16.6. The minimum atomic E-state index is -0.409. The Kier molecular flexibility index (Phi) is 8.32. The van der Waals surface area contributed by atoms with Gasteiger partial charge in [0.25, 0.3) is 5.91 Å². The predicted molar refractivity (Wildman–Crippen MR) is 113 cm³/mol. The number of amides is 1. The van der Waals surface area contributed by atoms with Crippen molar-refractivity contribution in [2.24, 2.45) is 4.99 Å². The molecule has 2 rings (SSSR count). The van der Waals surface area contributed by atoms with Gasteiger partial charge in [-0.1, -0.05) is 12.1 Å². The second-order valence-corrected chi connectivity index (χ2v) is 6.88. The van der Waals surface area contributed by atoms with Crippen LogP contribution in [0.15, 0.2) is 40.8 Å². The van der Waals surface area contributed by atoms with E-state index >= 15 is 0 Å². The number of amidine groups is 1. The van der Waals surface area contributed by atoms with Gasteiger partial charge in [-0.3, -0.25) is 14.7 Å². The van der Waals surface area contributed by atoms with Crippen molar-refractivity contribution in [2.45, 2.75) is 27.2 Å². The van der Waals surface area contributed by atoms with Gasteiger partial charge < -0.3 is 9.47 Å². The SMILES string of the molecule is C=CCc1cc(/C=C2\SC(=NCC)N(CC)C2=O)ccc1OCC(=O)OCC. The summed E-state index contributed by atoms with van der Waals surface area (Å²) in [4.78, 5) is 30.9. The number of ether oxygens (including phenoxy) is 2. The number of thioether (sulfide) groups is 1. The van der Waals surface area contributed by atoms with Gasteiger partial charge in [0, 0.05) is 13.1 Å². The Balaban J connectivity index is 2.24. The molecule has 0 saturated carbocycles. The fourth-order valence-corrected chi connectivity index (χ4v) is 3.78. The van der Waals surface area contributed by atoms with Crippen LogP contribution >= 0.6 is 11.8 Å². The molecule has 0 aliphatic carbocycles. The second kappa shape index (κ2) is 10.7. The highest BCUT2D eigenvalue weighted by atomic mass is 32.2. The molecule has 1 saturated heterocycles. The van der Waals surface area contributed by atoms with Crippen LogP contribution in [0, 0.1) is 0 Å². The molecule has 0 unspecified atom stereocenters. The van der Waals surface area contributed by atoms with Gasteiger partial charge in [-0.05, 0) is 68.3 Å². The normalized spacial score (nSPS) is 16.7. The van der Waals surface area contributed by atoms with Crippen LogP contribution in [0.4, 0.5) is 0 Å². The molecule has 0 spiro atoms. The Morgan fingerprint density at radius 3 is 2.75 bits per heavy atom. The number of likely N-dealkylation sites (N-methyl/N-ethyl adjacent to an activating group) is 1. The molecular weight excluding hydrogens is 376 g/mol. The van der Waals surface area contributed by atoms with Crippen molar-refractivity contribution < 1.29 is 19.1 Å². The summed E-state index contributed by atoms with van der Waals surface area (Å²) in [5, 5.41) is 0.738. The molecule has 28 heavy (non-hydrogen) atoms. The number of allylic oxidation sites excluding steroid dienone is 1. The third-order valence-corrected chi connectivity index (χ3v) is 4.94. The minimum absolute atomic E-state index is 0.0346. The molecule has 1 amide bonds. The van der Waals surface area contributed by atoms with Crippen molar-refractivity contribution >= 4 is 34.9 Å². The summed E-state index contributed by atoms with van der Waals surface area (Å²) in [6.07, 6.45) is 4.21. The Hall–Kier alpha value is -2.54. The first-order valence-corrected chi connectivity index (χ1v) is 10.1. The summed E-state index contributed by atoms with van der Waals surface area (Å²) in [5.41, 5.74) is 1.77. The van der Waals surface area contributed by atoms with Gasteiger partial charge in [-0.15, -0.1) is 6.58 Å². The Morgan fingerprint density at radius 2 is 2.11 bits per heavy atom. The van der Waals surface area contributed by atoms with Crippen LogP contribution in [0.25, 0.3) is 6.08 Å². The molecule has 0 atom stereocenters. The van der Waals surface area contributed by atoms with E-state index in [1.165, 1.54) is 11.8 Å². The van der Waals surface area contributed by atoms with E-state index in [2.05, 4.69) is 11.6 Å². The Bertz CT molecular complexity index is 802. The predicted octanol–water partition coefficient (Wildman–Crippen LogP) is 3.67. The number of aliphatic imine (C=N–C) groups is 1. The van der Waals surface area contributed by atoms with E-state index < -0.39 is 5.97 Å². The number of hydrogen-bond acceptors (Lipinski definition) is 6. The van der Waals surface area contributed by atoms with E-state index in [9.17, 15) is 9.59 Å². The van der Waals surface area contributed by atoms with Crippen LogP contribution in [0.3, 0.4) is 0 Å². The number of nitrogens with zero attached hydrogens (tertiary/aromatic N) is 2. The standard InChI is InChI=1S/C21H26N2O4S/c1-5-9-16-12-15(10-11-17(16)27-14-19(24)26-8-4)13-18-20(25)23(7-3)21(28-18)22-6-2/h5,10-13H,1,6-9,14H2,2-4H3/b18-13-,22-21?. The third kappa shape index (κ3) is 5.48. The van der Waals surface area contributed by atoms with Gasteiger partial charge in [0.15, 0.2) is 11.8 Å². The molecule has 0 aromatic heterocycles. The van der Waals surface area contributed by atoms with Crippen LogP contribution in [0.5, 0.6) is 5.75 Å². The van der Waals surface area contributed by atoms with Gasteiger partial charge in [0.05, 0.1) is 11.5 Å². The maximum absolute atomic E-state index is 12.6. The first-order valence-electron chi connectivity index (χ1n) is 9.32. The van der Waals surface area contributed by atoms with E-state index in [1.54, 1.807) is 24.0 Å². The first-order chi connectivity index (χ1) is 13.5. The van der Waals surface area contributed by atoms with E-state index in [-0.39, 0.29) is 12.5 Å². The summed E-state index contributed by atoms with van der Waals surface area (Å²) in [7, 11) is 0. The molecule has 1 aromatic carbocycles. The van der Waals surface area contributed by atoms with Crippen molar-refractivity contribution in [1.82, 2.24) is 4.90 Å². The van der Waals surface area contributed by atoms with Crippen molar-refractivity contribution in [3.63, 3.8) is 0 Å². The zero-order chi connectivity index (χ0) is 20.5. The summed E-state index contributed by atoms with van der Waals surface area (Å²) in [6.45, 7) is 10.8. The maximum atomic E-state index is 12.6. The highest BCUT2D eigenvalue weighted by molar-refractivity contribution is 8.18. The van der Waals surface area contributed by atoms with Gasteiger partial charge in [-0.25, -0.2) is 4.79 Å². The van der Waals surface area contributed by atoms with Crippen LogP contribution in [0.1, 0.15) is 31.9 Å². The molecule has 1 aliphatic heterocycles. The lowest BCUT2D eigenvalue weighted by Crippen LogP contribution is -2.28. The number of carbonyl (C=O) groups excluding carboxylic acids is 2. The molecule has 7 heteroatoms. The second-order valence-electron chi connectivity index (χ2n) is 5.87. The number of benzene rings is 1. The molecule has 0 N–H and O–H groups in total. The molecule has 0 radical (unpaired) electrons. The quantitative estimate of drug-likeness (QED) is 0.358. The number of hydrogen-bond donors (Lipinski definition) is 0. The molecule has 150 valence electrons. The number of esters is 1. The molecule has 1 aromatic rings. The summed E-state index contributed by atoms with van der Waals surface area (Å²) in [6, 6.07) is 5.60. The van der Waals surface area contributed by atoms with Gasteiger partial charge >= 0.3 is 5.97 Å². The van der Waals surface area contributed by atoms with Crippen molar-refractivity contribution in [2.75, 3.05) is 26.3 Å². The van der Waals surface area contributed by atoms with Crippen LogP contribution in [0.2, 0.25) is 0 Å². The lowest BCUT2D eigenvalue weighted by Gasteiger charge is -2.12. The summed E-state index contributed by atoms with van der Waals surface area (Å²) in [5.74, 6) is 0.158. The van der Waals surface area contributed by atoms with E-state index in [1.807, 2.05) is 32.1 Å². The van der Waals surface area contributed by atoms with Gasteiger partial charge in [-0.2, -0.15) is 0 Å². The molecule has 0 bridgehead atoms. The average Bonchev–Trinajstić information content (AvgIpc) is 2.96. The molecule has 6 nitrogen and oxygen atoms in total. The molecule has 1 heterocycles. The van der Waals surface area contributed by atoms with E-state index in [4.69, 9.17) is 9.47 Å². The van der Waals surface area contributed by atoms with Crippen molar-refractivity contribution in [3.05, 3.63) is 46.9 Å². The van der Waals surface area contributed by atoms with Crippen LogP contribution < -0.4 is 4.74 Å². The van der Waals surface area contributed by atoms with Crippen LogP contribution in [-0.2, 0) is 20.7 Å². The fourth-order valence-electron chi connectivity index (χ4n) is 2.68. The average molecular weight is 403 g/mol. The number of rotatable bonds is 9. The zero-order valence-corrected chi connectivity index (χ0v) is 17.4. The topological polar surface area (TPSA) is 68.2 Å². The highest BCUT2D eigenvalue weighted by Gasteiger charge is 2.31. The van der Waals surface area contributed by atoms with Crippen molar-refractivity contribution in [3.8, 4) is 5.75 Å². The highest BCUT2D eigenvalue weighted by Crippen LogP contribution is 2.33. The first kappa shape index (κ1) is 21.8. The van der Waals surface area contributed by atoms with Gasteiger partial charge in [0.1, 0.15) is 5.75 Å². The lowest BCUT2D eigenvalue weighted by atomic mass is 10.1.